The minimum atomic E-state index is -0.369. The SMILES string of the molecule is O=C(/C=C/c1ccc(-c2ccccc2)o1)NC(=S)Nc1ccc(I)cc1Cl. The molecule has 1 aromatic heterocycles. The fourth-order valence-electron chi connectivity index (χ4n) is 2.26. The Morgan fingerprint density at radius 2 is 1.89 bits per heavy atom. The summed E-state index contributed by atoms with van der Waals surface area (Å²) >= 11 is 13.4. The zero-order chi connectivity index (χ0) is 19.2. The lowest BCUT2D eigenvalue weighted by Gasteiger charge is -2.09. The maximum absolute atomic E-state index is 12.0. The highest BCUT2D eigenvalue weighted by atomic mass is 127. The highest BCUT2D eigenvalue weighted by molar-refractivity contribution is 14.1. The second-order valence-electron chi connectivity index (χ2n) is 5.47. The average Bonchev–Trinajstić information content (AvgIpc) is 3.12. The van der Waals surface area contributed by atoms with E-state index >= 15 is 0 Å². The largest absolute Gasteiger partial charge is 0.457 e. The number of amides is 1. The first kappa shape index (κ1) is 19.6. The Bertz CT molecular complexity index is 1000. The van der Waals surface area contributed by atoms with Gasteiger partial charge >= 0.3 is 0 Å². The van der Waals surface area contributed by atoms with E-state index in [0.29, 0.717) is 16.5 Å². The first-order valence-electron chi connectivity index (χ1n) is 7.91. The molecule has 3 aromatic rings. The molecule has 0 aliphatic rings. The molecule has 1 heterocycles. The summed E-state index contributed by atoms with van der Waals surface area (Å²) in [5.41, 5.74) is 1.60. The van der Waals surface area contributed by atoms with Gasteiger partial charge in [-0.3, -0.25) is 10.1 Å². The molecule has 0 unspecified atom stereocenters. The van der Waals surface area contributed by atoms with Crippen LogP contribution in [0.4, 0.5) is 5.69 Å². The average molecular weight is 509 g/mol. The van der Waals surface area contributed by atoms with E-state index in [1.807, 2.05) is 42.5 Å². The van der Waals surface area contributed by atoms with Crippen molar-refractivity contribution in [1.29, 1.82) is 0 Å². The second-order valence-corrected chi connectivity index (χ2v) is 7.53. The predicted octanol–water partition coefficient (Wildman–Crippen LogP) is 5.73. The zero-order valence-corrected chi connectivity index (χ0v) is 17.6. The van der Waals surface area contributed by atoms with Crippen LogP contribution in [-0.4, -0.2) is 11.0 Å². The Kier molecular flexibility index (Phi) is 6.65. The molecule has 0 aliphatic carbocycles. The topological polar surface area (TPSA) is 54.3 Å². The van der Waals surface area contributed by atoms with Crippen molar-refractivity contribution in [2.24, 2.45) is 0 Å². The highest BCUT2D eigenvalue weighted by Gasteiger charge is 2.06. The Labute approximate surface area is 180 Å². The van der Waals surface area contributed by atoms with E-state index in [-0.39, 0.29) is 11.0 Å². The van der Waals surface area contributed by atoms with Crippen LogP contribution in [0.2, 0.25) is 5.02 Å². The third-order valence-electron chi connectivity index (χ3n) is 3.50. The van der Waals surface area contributed by atoms with Crippen molar-refractivity contribution in [3.63, 3.8) is 0 Å². The molecule has 2 N–H and O–H groups in total. The van der Waals surface area contributed by atoms with E-state index in [2.05, 4.69) is 33.2 Å². The molecule has 136 valence electrons. The van der Waals surface area contributed by atoms with Crippen LogP contribution in [0, 0.1) is 3.57 Å². The standard InChI is InChI=1S/C20H14ClIN2O2S/c21-16-12-14(22)6-9-17(16)23-20(27)24-19(25)11-8-15-7-10-18(26-15)13-4-2-1-3-5-13/h1-12H,(H2,23,24,25,27)/b11-8+. The summed E-state index contributed by atoms with van der Waals surface area (Å²) < 4.78 is 6.72. The van der Waals surface area contributed by atoms with E-state index in [9.17, 15) is 4.79 Å². The van der Waals surface area contributed by atoms with E-state index in [4.69, 9.17) is 28.2 Å². The molecule has 0 bridgehead atoms. The first-order chi connectivity index (χ1) is 13.0. The maximum atomic E-state index is 12.0. The van der Waals surface area contributed by atoms with Crippen LogP contribution in [0.25, 0.3) is 17.4 Å². The number of anilines is 1. The van der Waals surface area contributed by atoms with Crippen LogP contribution in [0.15, 0.2) is 71.2 Å². The summed E-state index contributed by atoms with van der Waals surface area (Å²) in [6.07, 6.45) is 2.94. The summed E-state index contributed by atoms with van der Waals surface area (Å²) in [5.74, 6) is 0.941. The number of rotatable bonds is 4. The van der Waals surface area contributed by atoms with E-state index < -0.39 is 0 Å². The quantitative estimate of drug-likeness (QED) is 0.268. The van der Waals surface area contributed by atoms with Crippen molar-refractivity contribution < 1.29 is 9.21 Å². The van der Waals surface area contributed by atoms with Gasteiger partial charge in [-0.1, -0.05) is 41.9 Å². The van der Waals surface area contributed by atoms with Gasteiger partial charge in [0.1, 0.15) is 11.5 Å². The predicted molar refractivity (Wildman–Crippen MR) is 122 cm³/mol. The molecule has 0 saturated carbocycles. The van der Waals surface area contributed by atoms with Gasteiger partial charge < -0.3 is 9.73 Å². The smallest absolute Gasteiger partial charge is 0.250 e. The normalized spacial score (nSPS) is 10.7. The minimum Gasteiger partial charge on any atom is -0.457 e. The molecule has 0 aliphatic heterocycles. The first-order valence-corrected chi connectivity index (χ1v) is 9.78. The number of hydrogen-bond acceptors (Lipinski definition) is 3. The molecular formula is C20H14ClIN2O2S. The van der Waals surface area contributed by atoms with Gasteiger partial charge in [-0.05, 0) is 71.2 Å². The maximum Gasteiger partial charge on any atom is 0.250 e. The molecule has 0 radical (unpaired) electrons. The van der Waals surface area contributed by atoms with Gasteiger partial charge in [-0.2, -0.15) is 0 Å². The van der Waals surface area contributed by atoms with Crippen LogP contribution in [0.3, 0.4) is 0 Å². The number of carbonyl (C=O) groups excluding carboxylic acids is 1. The lowest BCUT2D eigenvalue weighted by Crippen LogP contribution is -2.32. The minimum absolute atomic E-state index is 0.164. The van der Waals surface area contributed by atoms with Crippen molar-refractivity contribution in [3.8, 4) is 11.3 Å². The lowest BCUT2D eigenvalue weighted by molar-refractivity contribution is -0.115. The molecule has 2 aromatic carbocycles. The summed E-state index contributed by atoms with van der Waals surface area (Å²) in [4.78, 5) is 12.0. The molecule has 0 fully saturated rings. The van der Waals surface area contributed by atoms with Gasteiger partial charge in [-0.15, -0.1) is 0 Å². The third kappa shape index (κ3) is 5.66. The van der Waals surface area contributed by atoms with Crippen molar-refractivity contribution >= 4 is 69.2 Å². The van der Waals surface area contributed by atoms with E-state index in [0.717, 1.165) is 14.9 Å². The fraction of sp³-hybridized carbons (Fsp3) is 0. The Balaban J connectivity index is 1.57. The van der Waals surface area contributed by atoms with Crippen LogP contribution < -0.4 is 10.6 Å². The number of hydrogen-bond donors (Lipinski definition) is 2. The summed E-state index contributed by atoms with van der Waals surface area (Å²) in [6, 6.07) is 18.9. The molecule has 0 saturated heterocycles. The van der Waals surface area contributed by atoms with Gasteiger partial charge in [0.05, 0.1) is 10.7 Å². The number of thiocarbonyl (C=S) groups is 1. The molecular weight excluding hydrogens is 495 g/mol. The number of furan rings is 1. The fourth-order valence-corrected chi connectivity index (χ4v) is 3.37. The second kappa shape index (κ2) is 9.16. The van der Waals surface area contributed by atoms with Crippen LogP contribution in [0.1, 0.15) is 5.76 Å². The van der Waals surface area contributed by atoms with Crippen LogP contribution >= 0.6 is 46.4 Å². The van der Waals surface area contributed by atoms with Crippen LogP contribution in [-0.2, 0) is 4.79 Å². The molecule has 4 nitrogen and oxygen atoms in total. The Morgan fingerprint density at radius 1 is 1.11 bits per heavy atom. The van der Waals surface area contributed by atoms with Gasteiger partial charge in [0.2, 0.25) is 5.91 Å². The summed E-state index contributed by atoms with van der Waals surface area (Å²) in [7, 11) is 0. The van der Waals surface area contributed by atoms with Gasteiger partial charge in [0.15, 0.2) is 5.11 Å². The van der Waals surface area contributed by atoms with Gasteiger partial charge in [0.25, 0.3) is 0 Å². The molecule has 1 amide bonds. The van der Waals surface area contributed by atoms with Crippen LogP contribution in [0.5, 0.6) is 0 Å². The lowest BCUT2D eigenvalue weighted by atomic mass is 10.2. The molecule has 3 rings (SSSR count). The molecule has 7 heteroatoms. The third-order valence-corrected chi connectivity index (χ3v) is 4.69. The Morgan fingerprint density at radius 3 is 2.63 bits per heavy atom. The Hall–Kier alpha value is -2.16. The number of carbonyl (C=O) groups is 1. The zero-order valence-electron chi connectivity index (χ0n) is 13.9. The highest BCUT2D eigenvalue weighted by Crippen LogP contribution is 2.24. The number of halogens is 2. The molecule has 27 heavy (non-hydrogen) atoms. The van der Waals surface area contributed by atoms with E-state index in [1.54, 1.807) is 24.3 Å². The van der Waals surface area contributed by atoms with Crippen molar-refractivity contribution in [1.82, 2.24) is 5.32 Å². The van der Waals surface area contributed by atoms with Crippen molar-refractivity contribution in [3.05, 3.63) is 81.1 Å². The monoisotopic (exact) mass is 508 g/mol. The van der Waals surface area contributed by atoms with E-state index in [1.165, 1.54) is 6.08 Å². The van der Waals surface area contributed by atoms with Gasteiger partial charge in [0, 0.05) is 15.2 Å². The molecule has 0 atom stereocenters. The summed E-state index contributed by atoms with van der Waals surface area (Å²) in [5, 5.41) is 6.16. The molecule has 0 spiro atoms. The number of nitrogens with one attached hydrogen (secondary N) is 2. The van der Waals surface area contributed by atoms with Gasteiger partial charge in [-0.25, -0.2) is 0 Å². The van der Waals surface area contributed by atoms with Crippen molar-refractivity contribution in [2.45, 2.75) is 0 Å². The summed E-state index contributed by atoms with van der Waals surface area (Å²) in [6.45, 7) is 0. The van der Waals surface area contributed by atoms with Crippen molar-refractivity contribution in [2.75, 3.05) is 5.32 Å². The number of benzene rings is 2.